The predicted molar refractivity (Wildman–Crippen MR) is 92.3 cm³/mol. The maximum absolute atomic E-state index is 5.66. The lowest BCUT2D eigenvalue weighted by molar-refractivity contribution is 0.242. The molecule has 22 heavy (non-hydrogen) atoms. The molecule has 1 aromatic carbocycles. The third-order valence-corrected chi connectivity index (χ3v) is 4.41. The predicted octanol–water partition coefficient (Wildman–Crippen LogP) is 4.78. The van der Waals surface area contributed by atoms with Crippen molar-refractivity contribution in [1.82, 2.24) is 9.97 Å². The highest BCUT2D eigenvalue weighted by atomic mass is 32.1. The summed E-state index contributed by atoms with van der Waals surface area (Å²) in [5.74, 6) is 1.72. The average Bonchev–Trinajstić information content (AvgIpc) is 2.93. The van der Waals surface area contributed by atoms with Crippen molar-refractivity contribution < 1.29 is 4.74 Å². The first kappa shape index (κ1) is 14.8. The normalized spacial score (nSPS) is 11.1. The Hall–Kier alpha value is -2.14. The van der Waals surface area contributed by atoms with Crippen molar-refractivity contribution in [3.05, 3.63) is 41.5 Å². The molecule has 0 radical (unpaired) electrons. The van der Waals surface area contributed by atoms with Crippen LogP contribution in [0.2, 0.25) is 0 Å². The Bertz CT molecular complexity index is 765. The molecule has 1 N–H and O–H groups in total. The molecule has 0 amide bonds. The molecule has 5 heteroatoms. The monoisotopic (exact) mass is 313 g/mol. The molecule has 2 aromatic heterocycles. The first-order chi connectivity index (χ1) is 10.7. The van der Waals surface area contributed by atoms with Crippen molar-refractivity contribution in [3.8, 4) is 5.75 Å². The standard InChI is InChI=1S/C17H19N3OS/c1-4-14-9-15-16(18-10-19-17(15)22-14)20-12-5-7-13(8-6-12)21-11(2)3/h5-11H,4H2,1-3H3,(H,18,19,20). The minimum absolute atomic E-state index is 0.179. The average molecular weight is 313 g/mol. The van der Waals surface area contributed by atoms with E-state index in [1.165, 1.54) is 4.88 Å². The van der Waals surface area contributed by atoms with Crippen molar-refractivity contribution in [2.75, 3.05) is 5.32 Å². The second kappa shape index (κ2) is 6.32. The molecule has 114 valence electrons. The Kier molecular flexibility index (Phi) is 4.24. The molecule has 3 aromatic rings. The number of rotatable bonds is 5. The first-order valence-corrected chi connectivity index (χ1v) is 8.24. The van der Waals surface area contributed by atoms with E-state index < -0.39 is 0 Å². The van der Waals surface area contributed by atoms with Gasteiger partial charge in [-0.05, 0) is 50.6 Å². The van der Waals surface area contributed by atoms with Gasteiger partial charge in [-0.1, -0.05) is 6.92 Å². The number of thiophene rings is 1. The van der Waals surface area contributed by atoms with Crippen LogP contribution >= 0.6 is 11.3 Å². The van der Waals surface area contributed by atoms with E-state index in [4.69, 9.17) is 4.74 Å². The quantitative estimate of drug-likeness (QED) is 0.736. The summed E-state index contributed by atoms with van der Waals surface area (Å²) >= 11 is 1.72. The van der Waals surface area contributed by atoms with Gasteiger partial charge in [-0.3, -0.25) is 0 Å². The molecule has 0 spiro atoms. The van der Waals surface area contributed by atoms with Crippen molar-refractivity contribution in [3.63, 3.8) is 0 Å². The second-order valence-corrected chi connectivity index (χ2v) is 6.44. The van der Waals surface area contributed by atoms with Crippen LogP contribution in [-0.2, 0) is 6.42 Å². The summed E-state index contributed by atoms with van der Waals surface area (Å²) in [6, 6.07) is 10.1. The van der Waals surface area contributed by atoms with Crippen molar-refractivity contribution in [2.45, 2.75) is 33.3 Å². The van der Waals surface area contributed by atoms with Crippen LogP contribution < -0.4 is 10.1 Å². The zero-order chi connectivity index (χ0) is 15.5. The topological polar surface area (TPSA) is 47.0 Å². The lowest BCUT2D eigenvalue weighted by Gasteiger charge is -2.11. The van der Waals surface area contributed by atoms with E-state index in [2.05, 4.69) is 28.3 Å². The molecular formula is C17H19N3OS. The van der Waals surface area contributed by atoms with Crippen LogP contribution in [0.4, 0.5) is 11.5 Å². The number of nitrogens with zero attached hydrogens (tertiary/aromatic N) is 2. The van der Waals surface area contributed by atoms with Gasteiger partial charge in [0, 0.05) is 10.6 Å². The third-order valence-electron chi connectivity index (χ3n) is 3.22. The minimum Gasteiger partial charge on any atom is -0.491 e. The number of benzene rings is 1. The molecule has 0 saturated carbocycles. The van der Waals surface area contributed by atoms with E-state index in [0.29, 0.717) is 0 Å². The summed E-state index contributed by atoms with van der Waals surface area (Å²) in [5, 5.41) is 4.44. The van der Waals surface area contributed by atoms with Gasteiger partial charge in [-0.15, -0.1) is 11.3 Å². The highest BCUT2D eigenvalue weighted by Crippen LogP contribution is 2.30. The van der Waals surface area contributed by atoms with Gasteiger partial charge in [0.15, 0.2) is 0 Å². The van der Waals surface area contributed by atoms with Crippen LogP contribution in [0.5, 0.6) is 5.75 Å². The summed E-state index contributed by atoms with van der Waals surface area (Å²) in [5.41, 5.74) is 0.986. The number of aromatic nitrogens is 2. The fourth-order valence-electron chi connectivity index (χ4n) is 2.21. The molecule has 0 atom stereocenters. The Morgan fingerprint density at radius 2 is 1.95 bits per heavy atom. The van der Waals surface area contributed by atoms with E-state index in [0.717, 1.165) is 33.9 Å². The fraction of sp³-hybridized carbons (Fsp3) is 0.294. The Morgan fingerprint density at radius 3 is 2.64 bits per heavy atom. The largest absolute Gasteiger partial charge is 0.491 e. The van der Waals surface area contributed by atoms with E-state index in [1.54, 1.807) is 17.7 Å². The zero-order valence-electron chi connectivity index (χ0n) is 13.0. The van der Waals surface area contributed by atoms with E-state index in [1.807, 2.05) is 38.1 Å². The molecule has 0 bridgehead atoms. The number of hydrogen-bond acceptors (Lipinski definition) is 5. The molecule has 0 aliphatic rings. The lowest BCUT2D eigenvalue weighted by Crippen LogP contribution is -2.05. The van der Waals surface area contributed by atoms with Gasteiger partial charge in [0.1, 0.15) is 22.7 Å². The van der Waals surface area contributed by atoms with Crippen LogP contribution in [0.3, 0.4) is 0 Å². The summed E-state index contributed by atoms with van der Waals surface area (Å²) in [6.45, 7) is 6.19. The maximum Gasteiger partial charge on any atom is 0.142 e. The van der Waals surface area contributed by atoms with Crippen LogP contribution in [0.25, 0.3) is 10.2 Å². The molecule has 0 aliphatic heterocycles. The molecule has 0 aliphatic carbocycles. The number of aryl methyl sites for hydroxylation is 1. The van der Waals surface area contributed by atoms with Gasteiger partial charge in [0.25, 0.3) is 0 Å². The molecule has 4 nitrogen and oxygen atoms in total. The van der Waals surface area contributed by atoms with Crippen molar-refractivity contribution in [2.24, 2.45) is 0 Å². The SMILES string of the molecule is CCc1cc2c(Nc3ccc(OC(C)C)cc3)ncnc2s1. The first-order valence-electron chi connectivity index (χ1n) is 7.43. The second-order valence-electron chi connectivity index (χ2n) is 5.32. The highest BCUT2D eigenvalue weighted by molar-refractivity contribution is 7.18. The lowest BCUT2D eigenvalue weighted by atomic mass is 10.2. The minimum atomic E-state index is 0.179. The van der Waals surface area contributed by atoms with E-state index in [9.17, 15) is 0 Å². The Labute approximate surface area is 134 Å². The number of anilines is 2. The van der Waals surface area contributed by atoms with Crippen molar-refractivity contribution in [1.29, 1.82) is 0 Å². The fourth-order valence-corrected chi connectivity index (χ4v) is 3.14. The van der Waals surface area contributed by atoms with E-state index in [-0.39, 0.29) is 6.10 Å². The molecule has 0 fully saturated rings. The Balaban J connectivity index is 1.85. The summed E-state index contributed by atoms with van der Waals surface area (Å²) in [4.78, 5) is 11.1. The number of fused-ring (bicyclic) bond motifs is 1. The summed E-state index contributed by atoms with van der Waals surface area (Å²) < 4.78 is 5.66. The molecule has 3 rings (SSSR count). The maximum atomic E-state index is 5.66. The van der Waals surface area contributed by atoms with E-state index >= 15 is 0 Å². The molecule has 0 saturated heterocycles. The molecular weight excluding hydrogens is 294 g/mol. The number of ether oxygens (including phenoxy) is 1. The highest BCUT2D eigenvalue weighted by Gasteiger charge is 2.08. The summed E-state index contributed by atoms with van der Waals surface area (Å²) in [6.07, 6.45) is 2.80. The third kappa shape index (κ3) is 3.20. The van der Waals surface area contributed by atoms with Crippen LogP contribution in [0.15, 0.2) is 36.7 Å². The smallest absolute Gasteiger partial charge is 0.142 e. The number of nitrogens with one attached hydrogen (secondary N) is 1. The van der Waals surface area contributed by atoms with Crippen LogP contribution in [-0.4, -0.2) is 16.1 Å². The van der Waals surface area contributed by atoms with Gasteiger partial charge in [0.05, 0.1) is 11.5 Å². The molecule has 0 unspecified atom stereocenters. The van der Waals surface area contributed by atoms with Gasteiger partial charge in [-0.25, -0.2) is 9.97 Å². The van der Waals surface area contributed by atoms with Crippen LogP contribution in [0.1, 0.15) is 25.6 Å². The van der Waals surface area contributed by atoms with Crippen LogP contribution in [0, 0.1) is 0 Å². The van der Waals surface area contributed by atoms with Gasteiger partial charge in [-0.2, -0.15) is 0 Å². The Morgan fingerprint density at radius 1 is 1.18 bits per heavy atom. The van der Waals surface area contributed by atoms with Gasteiger partial charge < -0.3 is 10.1 Å². The zero-order valence-corrected chi connectivity index (χ0v) is 13.8. The van der Waals surface area contributed by atoms with Gasteiger partial charge >= 0.3 is 0 Å². The number of hydrogen-bond donors (Lipinski definition) is 1. The summed E-state index contributed by atoms with van der Waals surface area (Å²) in [7, 11) is 0. The molecule has 2 heterocycles. The van der Waals surface area contributed by atoms with Gasteiger partial charge in [0.2, 0.25) is 0 Å². The van der Waals surface area contributed by atoms with Crippen molar-refractivity contribution >= 4 is 33.1 Å².